The summed E-state index contributed by atoms with van der Waals surface area (Å²) in [6.07, 6.45) is 0. The van der Waals surface area contributed by atoms with Gasteiger partial charge >= 0.3 is 0 Å². The lowest BCUT2D eigenvalue weighted by Gasteiger charge is -2.28. The zero-order valence-corrected chi connectivity index (χ0v) is 30.4. The summed E-state index contributed by atoms with van der Waals surface area (Å²) in [5.74, 6) is 0. The van der Waals surface area contributed by atoms with Crippen molar-refractivity contribution in [3.8, 4) is 55.6 Å². The van der Waals surface area contributed by atoms with Crippen LogP contribution in [-0.2, 0) is 5.41 Å². The Hall–Kier alpha value is -6.44. The first-order chi connectivity index (χ1) is 25.9. The first kappa shape index (κ1) is 32.5. The number of rotatable bonds is 7. The summed E-state index contributed by atoms with van der Waals surface area (Å²) in [4.78, 5) is 2.39. The summed E-state index contributed by atoms with van der Waals surface area (Å²) >= 11 is 0. The molecule has 9 rings (SSSR count). The molecule has 1 heteroatoms. The van der Waals surface area contributed by atoms with Crippen LogP contribution in [0.1, 0.15) is 30.5 Å². The molecule has 0 N–H and O–H groups in total. The summed E-state index contributed by atoms with van der Waals surface area (Å²) in [5.41, 5.74) is 19.8. The van der Waals surface area contributed by atoms with Gasteiger partial charge in [0, 0.05) is 22.5 Å². The van der Waals surface area contributed by atoms with Crippen LogP contribution in [0.5, 0.6) is 0 Å². The van der Waals surface area contributed by atoms with Crippen molar-refractivity contribution in [1.29, 1.82) is 0 Å². The van der Waals surface area contributed by atoms with Crippen molar-refractivity contribution in [2.45, 2.75) is 26.2 Å². The molecular weight excluding hydrogens is 639 g/mol. The second-order valence-electron chi connectivity index (χ2n) is 14.7. The van der Waals surface area contributed by atoms with Crippen LogP contribution >= 0.6 is 0 Å². The molecule has 0 atom stereocenters. The summed E-state index contributed by atoms with van der Waals surface area (Å²) in [5, 5.41) is 0. The molecule has 0 heterocycles. The Morgan fingerprint density at radius 2 is 0.717 bits per heavy atom. The fourth-order valence-electron chi connectivity index (χ4n) is 8.03. The minimum Gasteiger partial charge on any atom is -0.310 e. The van der Waals surface area contributed by atoms with E-state index < -0.39 is 0 Å². The molecule has 0 saturated carbocycles. The number of aryl methyl sites for hydroxylation is 1. The Bertz CT molecular complexity index is 2540. The topological polar surface area (TPSA) is 3.24 Å². The second kappa shape index (κ2) is 13.3. The van der Waals surface area contributed by atoms with Crippen LogP contribution < -0.4 is 4.90 Å². The van der Waals surface area contributed by atoms with Gasteiger partial charge in [-0.3, -0.25) is 0 Å². The Morgan fingerprint density at radius 3 is 1.25 bits per heavy atom. The third kappa shape index (κ3) is 6.05. The van der Waals surface area contributed by atoms with E-state index in [1.165, 1.54) is 72.3 Å². The predicted octanol–water partition coefficient (Wildman–Crippen LogP) is 14.4. The van der Waals surface area contributed by atoms with Gasteiger partial charge in [-0.1, -0.05) is 166 Å². The average Bonchev–Trinajstić information content (AvgIpc) is 3.44. The molecular formula is C52H41N. The maximum absolute atomic E-state index is 2.42. The first-order valence-electron chi connectivity index (χ1n) is 18.5. The van der Waals surface area contributed by atoms with Gasteiger partial charge in [0.25, 0.3) is 0 Å². The van der Waals surface area contributed by atoms with E-state index >= 15 is 0 Å². The molecule has 0 bridgehead atoms. The van der Waals surface area contributed by atoms with Crippen molar-refractivity contribution < 1.29 is 0 Å². The lowest BCUT2D eigenvalue weighted by Crippen LogP contribution is -2.16. The lowest BCUT2D eigenvalue weighted by atomic mass is 9.81. The highest BCUT2D eigenvalue weighted by molar-refractivity contribution is 5.88. The molecule has 1 nitrogen and oxygen atoms in total. The smallest absolute Gasteiger partial charge is 0.0465 e. The summed E-state index contributed by atoms with van der Waals surface area (Å²) in [7, 11) is 0. The number of benzene rings is 8. The maximum atomic E-state index is 2.42. The van der Waals surface area contributed by atoms with Gasteiger partial charge in [0.1, 0.15) is 0 Å². The van der Waals surface area contributed by atoms with Crippen molar-refractivity contribution in [3.63, 3.8) is 0 Å². The van der Waals surface area contributed by atoms with E-state index in [4.69, 9.17) is 0 Å². The van der Waals surface area contributed by atoms with Crippen LogP contribution in [0.2, 0.25) is 0 Å². The average molecular weight is 680 g/mol. The summed E-state index contributed by atoms with van der Waals surface area (Å²) < 4.78 is 0. The molecule has 0 aromatic heterocycles. The first-order valence-corrected chi connectivity index (χ1v) is 18.5. The van der Waals surface area contributed by atoms with E-state index in [-0.39, 0.29) is 5.41 Å². The SMILES string of the molecule is Cc1cccc(N(c2ccc(-c3ccccc3)cc2)c2ccc3c(c2)C(C)(C)c2cc(-c4ccc(-c5ccc(-c6ccccc6)cc5)cc4)ccc2-3)c1. The van der Waals surface area contributed by atoms with Crippen molar-refractivity contribution in [2.75, 3.05) is 4.90 Å². The van der Waals surface area contributed by atoms with Gasteiger partial charge in [-0.25, -0.2) is 0 Å². The van der Waals surface area contributed by atoms with E-state index in [0.29, 0.717) is 0 Å². The molecule has 0 unspecified atom stereocenters. The predicted molar refractivity (Wildman–Crippen MR) is 225 cm³/mol. The normalized spacial score (nSPS) is 12.6. The van der Waals surface area contributed by atoms with Crippen LogP contribution in [0.3, 0.4) is 0 Å². The number of anilines is 3. The second-order valence-corrected chi connectivity index (χ2v) is 14.7. The van der Waals surface area contributed by atoms with Gasteiger partial charge in [-0.15, -0.1) is 0 Å². The zero-order valence-electron chi connectivity index (χ0n) is 30.4. The van der Waals surface area contributed by atoms with Crippen LogP contribution in [0, 0.1) is 6.92 Å². The molecule has 0 amide bonds. The molecule has 0 fully saturated rings. The summed E-state index contributed by atoms with van der Waals surface area (Å²) in [6, 6.07) is 70.9. The molecule has 8 aromatic rings. The number of nitrogens with zero attached hydrogens (tertiary/aromatic N) is 1. The van der Waals surface area contributed by atoms with Crippen molar-refractivity contribution >= 4 is 17.1 Å². The van der Waals surface area contributed by atoms with Crippen LogP contribution in [0.15, 0.2) is 194 Å². The van der Waals surface area contributed by atoms with Gasteiger partial charge in [-0.2, -0.15) is 0 Å². The van der Waals surface area contributed by atoms with E-state index in [1.807, 2.05) is 0 Å². The van der Waals surface area contributed by atoms with Crippen molar-refractivity contribution in [1.82, 2.24) is 0 Å². The Balaban J connectivity index is 1.02. The van der Waals surface area contributed by atoms with E-state index in [2.05, 4.69) is 220 Å². The Kier molecular flexibility index (Phi) is 8.13. The number of hydrogen-bond donors (Lipinski definition) is 0. The molecule has 8 aromatic carbocycles. The Morgan fingerprint density at radius 1 is 0.321 bits per heavy atom. The molecule has 1 aliphatic carbocycles. The molecule has 0 spiro atoms. The highest BCUT2D eigenvalue weighted by atomic mass is 15.1. The van der Waals surface area contributed by atoms with Crippen molar-refractivity contribution in [2.24, 2.45) is 0 Å². The van der Waals surface area contributed by atoms with Gasteiger partial charge in [0.05, 0.1) is 0 Å². The highest BCUT2D eigenvalue weighted by Crippen LogP contribution is 2.51. The molecule has 0 radical (unpaired) electrons. The van der Waals surface area contributed by atoms with Gasteiger partial charge < -0.3 is 4.90 Å². The van der Waals surface area contributed by atoms with Gasteiger partial charge in [0.2, 0.25) is 0 Å². The number of hydrogen-bond acceptors (Lipinski definition) is 1. The Labute approximate surface area is 313 Å². The molecule has 53 heavy (non-hydrogen) atoms. The quantitative estimate of drug-likeness (QED) is 0.162. The largest absolute Gasteiger partial charge is 0.310 e. The molecule has 0 aliphatic heterocycles. The standard InChI is InChI=1S/C52H41N/c1-36-11-10-16-46(33-36)53(45-28-25-42(26-29-45)38-14-8-5-9-15-38)47-30-32-49-48-31-27-44(34-50(48)52(2,3)51(49)35-47)43-23-21-41(22-24-43)40-19-17-39(18-20-40)37-12-6-4-7-13-37/h4-35H,1-3H3. The summed E-state index contributed by atoms with van der Waals surface area (Å²) in [6.45, 7) is 6.91. The maximum Gasteiger partial charge on any atom is 0.0465 e. The molecule has 254 valence electrons. The van der Waals surface area contributed by atoms with Gasteiger partial charge in [0.15, 0.2) is 0 Å². The fraction of sp³-hybridized carbons (Fsp3) is 0.0769. The van der Waals surface area contributed by atoms with E-state index in [9.17, 15) is 0 Å². The third-order valence-corrected chi connectivity index (χ3v) is 11.0. The van der Waals surface area contributed by atoms with Crippen LogP contribution in [0.25, 0.3) is 55.6 Å². The van der Waals surface area contributed by atoms with Gasteiger partial charge in [-0.05, 0) is 122 Å². The fourth-order valence-corrected chi connectivity index (χ4v) is 8.03. The molecule has 1 aliphatic rings. The van der Waals surface area contributed by atoms with Crippen LogP contribution in [0.4, 0.5) is 17.1 Å². The highest BCUT2D eigenvalue weighted by Gasteiger charge is 2.36. The minimum atomic E-state index is -0.160. The van der Waals surface area contributed by atoms with E-state index in [1.54, 1.807) is 0 Å². The minimum absolute atomic E-state index is 0.160. The number of fused-ring (bicyclic) bond motifs is 3. The van der Waals surface area contributed by atoms with Crippen molar-refractivity contribution in [3.05, 3.63) is 211 Å². The molecule has 0 saturated heterocycles. The third-order valence-electron chi connectivity index (χ3n) is 11.0. The lowest BCUT2D eigenvalue weighted by molar-refractivity contribution is 0.660. The monoisotopic (exact) mass is 679 g/mol. The van der Waals surface area contributed by atoms with Crippen LogP contribution in [-0.4, -0.2) is 0 Å². The van der Waals surface area contributed by atoms with E-state index in [0.717, 1.165) is 17.1 Å². The zero-order chi connectivity index (χ0) is 35.9.